The first-order chi connectivity index (χ1) is 13.0. The fraction of sp³-hybridized carbons (Fsp3) is 0.174. The second-order valence-electron chi connectivity index (χ2n) is 7.04. The largest absolute Gasteiger partial charge is 0.463 e. The van der Waals surface area contributed by atoms with E-state index in [4.69, 9.17) is 4.42 Å². The summed E-state index contributed by atoms with van der Waals surface area (Å²) in [6.07, 6.45) is 1.66. The molecule has 2 aromatic carbocycles. The summed E-state index contributed by atoms with van der Waals surface area (Å²) in [7, 11) is 0. The summed E-state index contributed by atoms with van der Waals surface area (Å²) in [6, 6.07) is 18.0. The lowest BCUT2D eigenvalue weighted by atomic mass is 10.1. The van der Waals surface area contributed by atoms with E-state index in [0.717, 1.165) is 22.3 Å². The summed E-state index contributed by atoms with van der Waals surface area (Å²) in [4.78, 5) is 13.0. The number of carbonyl (C=O) groups is 1. The molecule has 0 aliphatic heterocycles. The molecule has 0 fully saturated rings. The summed E-state index contributed by atoms with van der Waals surface area (Å²) in [5, 5.41) is 3.03. The second-order valence-corrected chi connectivity index (χ2v) is 7.04. The van der Waals surface area contributed by atoms with Crippen LogP contribution >= 0.6 is 0 Å². The number of furan rings is 1. The summed E-state index contributed by atoms with van der Waals surface area (Å²) >= 11 is 0. The van der Waals surface area contributed by atoms with E-state index in [0.29, 0.717) is 17.8 Å². The van der Waals surface area contributed by atoms with Crippen LogP contribution in [0, 0.1) is 20.8 Å². The highest BCUT2D eigenvalue weighted by atomic mass is 16.3. The second kappa shape index (κ2) is 6.80. The smallest absolute Gasteiger partial charge is 0.272 e. The number of rotatable bonds is 4. The minimum atomic E-state index is -0.139. The summed E-state index contributed by atoms with van der Waals surface area (Å²) in [6.45, 7) is 6.75. The molecule has 136 valence electrons. The third-order valence-corrected chi connectivity index (χ3v) is 4.82. The highest BCUT2D eigenvalue weighted by Gasteiger charge is 2.18. The fourth-order valence-corrected chi connectivity index (χ4v) is 3.54. The van der Waals surface area contributed by atoms with Crippen molar-refractivity contribution in [3.05, 3.63) is 88.8 Å². The Morgan fingerprint density at radius 3 is 2.48 bits per heavy atom. The van der Waals surface area contributed by atoms with Crippen molar-refractivity contribution in [2.24, 2.45) is 0 Å². The van der Waals surface area contributed by atoms with E-state index in [2.05, 4.69) is 30.4 Å². The average Bonchev–Trinajstić information content (AvgIpc) is 3.18. The zero-order valence-electron chi connectivity index (χ0n) is 15.7. The van der Waals surface area contributed by atoms with Crippen LogP contribution in [-0.2, 0) is 6.54 Å². The Bertz CT molecular complexity index is 1110. The Labute approximate surface area is 158 Å². The molecule has 4 nitrogen and oxygen atoms in total. The van der Waals surface area contributed by atoms with Gasteiger partial charge in [-0.05, 0) is 55.2 Å². The van der Waals surface area contributed by atoms with E-state index in [1.54, 1.807) is 6.26 Å². The molecule has 0 saturated heterocycles. The van der Waals surface area contributed by atoms with Gasteiger partial charge in [-0.2, -0.15) is 0 Å². The van der Waals surface area contributed by atoms with Crippen LogP contribution in [0.25, 0.3) is 11.1 Å². The van der Waals surface area contributed by atoms with Gasteiger partial charge in [-0.3, -0.25) is 4.79 Å². The number of aryl methyl sites for hydroxylation is 3. The van der Waals surface area contributed by atoms with Gasteiger partial charge in [0.15, 0.2) is 5.58 Å². The lowest BCUT2D eigenvalue weighted by Gasteiger charge is -2.13. The summed E-state index contributed by atoms with van der Waals surface area (Å²) in [5.41, 5.74) is 7.64. The van der Waals surface area contributed by atoms with Gasteiger partial charge in [-0.15, -0.1) is 0 Å². The highest BCUT2D eigenvalue weighted by molar-refractivity contribution is 6.06. The van der Waals surface area contributed by atoms with Crippen molar-refractivity contribution in [2.45, 2.75) is 27.3 Å². The molecule has 0 atom stereocenters. The summed E-state index contributed by atoms with van der Waals surface area (Å²) in [5.74, 6) is -0.139. The van der Waals surface area contributed by atoms with Gasteiger partial charge in [-0.1, -0.05) is 30.3 Å². The molecule has 0 spiro atoms. The van der Waals surface area contributed by atoms with E-state index < -0.39 is 0 Å². The molecule has 0 aliphatic carbocycles. The van der Waals surface area contributed by atoms with Crippen LogP contribution in [0.5, 0.6) is 0 Å². The number of hydrogen-bond donors (Lipinski definition) is 1. The normalized spacial score (nSPS) is 11.1. The first-order valence-corrected chi connectivity index (χ1v) is 9.02. The molecule has 1 N–H and O–H groups in total. The van der Waals surface area contributed by atoms with E-state index >= 15 is 0 Å². The van der Waals surface area contributed by atoms with Gasteiger partial charge in [0.1, 0.15) is 5.69 Å². The minimum Gasteiger partial charge on any atom is -0.463 e. The van der Waals surface area contributed by atoms with Crippen molar-refractivity contribution in [1.82, 2.24) is 4.57 Å². The Hall–Kier alpha value is -3.27. The predicted molar refractivity (Wildman–Crippen MR) is 108 cm³/mol. The Morgan fingerprint density at radius 1 is 1.00 bits per heavy atom. The molecule has 0 unspecified atom stereocenters. The molecule has 4 heteroatoms. The molecule has 2 heterocycles. The van der Waals surface area contributed by atoms with Crippen molar-refractivity contribution in [1.29, 1.82) is 0 Å². The molecule has 27 heavy (non-hydrogen) atoms. The minimum absolute atomic E-state index is 0.139. The molecule has 4 aromatic rings. The highest BCUT2D eigenvalue weighted by Crippen LogP contribution is 2.24. The van der Waals surface area contributed by atoms with E-state index in [-0.39, 0.29) is 5.91 Å². The van der Waals surface area contributed by atoms with Gasteiger partial charge < -0.3 is 14.3 Å². The van der Waals surface area contributed by atoms with Crippen molar-refractivity contribution >= 4 is 22.7 Å². The maximum Gasteiger partial charge on any atom is 0.272 e. The quantitative estimate of drug-likeness (QED) is 0.526. The van der Waals surface area contributed by atoms with E-state index in [9.17, 15) is 4.79 Å². The van der Waals surface area contributed by atoms with Crippen LogP contribution in [0.4, 0.5) is 5.69 Å². The maximum absolute atomic E-state index is 13.0. The molecule has 2 aromatic heterocycles. The van der Waals surface area contributed by atoms with Crippen LogP contribution in [0.15, 0.2) is 65.3 Å². The van der Waals surface area contributed by atoms with Crippen LogP contribution in [0.1, 0.15) is 32.7 Å². The van der Waals surface area contributed by atoms with Gasteiger partial charge in [0.05, 0.1) is 11.8 Å². The first-order valence-electron chi connectivity index (χ1n) is 9.02. The Morgan fingerprint density at radius 2 is 1.74 bits per heavy atom. The van der Waals surface area contributed by atoms with Gasteiger partial charge in [0, 0.05) is 24.4 Å². The third-order valence-electron chi connectivity index (χ3n) is 4.82. The lowest BCUT2D eigenvalue weighted by molar-refractivity contribution is 0.101. The number of aromatic nitrogens is 1. The van der Waals surface area contributed by atoms with Crippen molar-refractivity contribution in [3.8, 4) is 0 Å². The van der Waals surface area contributed by atoms with Gasteiger partial charge in [0.25, 0.3) is 5.91 Å². The Balaban J connectivity index is 1.72. The topological polar surface area (TPSA) is 47.2 Å². The fourth-order valence-electron chi connectivity index (χ4n) is 3.54. The number of amides is 1. The average molecular weight is 358 g/mol. The molecular formula is C23H22N2O2. The molecule has 0 aliphatic rings. The number of hydrogen-bond acceptors (Lipinski definition) is 2. The van der Waals surface area contributed by atoms with E-state index in [1.165, 1.54) is 11.1 Å². The number of carbonyl (C=O) groups excluding carboxylic acids is 1. The molecule has 0 radical (unpaired) electrons. The van der Waals surface area contributed by atoms with Crippen LogP contribution in [0.3, 0.4) is 0 Å². The molecular weight excluding hydrogens is 336 g/mol. The standard InChI is InChI=1S/C23H22N2O2/c1-15-10-16(2)12-19(11-15)24-23(26)21-13-22-20(8-9-27-22)25(21)14-18-7-5-4-6-17(18)3/h4-13H,14H2,1-3H3,(H,24,26). The zero-order chi connectivity index (χ0) is 19.0. The number of benzene rings is 2. The number of nitrogens with one attached hydrogen (secondary N) is 1. The Kier molecular flexibility index (Phi) is 4.32. The maximum atomic E-state index is 13.0. The third kappa shape index (κ3) is 3.38. The van der Waals surface area contributed by atoms with Crippen molar-refractivity contribution < 1.29 is 9.21 Å². The number of nitrogens with zero attached hydrogens (tertiary/aromatic N) is 1. The van der Waals surface area contributed by atoms with Crippen molar-refractivity contribution in [3.63, 3.8) is 0 Å². The van der Waals surface area contributed by atoms with Crippen LogP contribution in [-0.4, -0.2) is 10.5 Å². The molecule has 1 amide bonds. The SMILES string of the molecule is Cc1cc(C)cc(NC(=O)c2cc3occc3n2Cc2ccccc2C)c1. The molecule has 0 saturated carbocycles. The molecule has 4 rings (SSSR count). The number of anilines is 1. The summed E-state index contributed by atoms with van der Waals surface area (Å²) < 4.78 is 7.56. The van der Waals surface area contributed by atoms with Gasteiger partial charge in [0.2, 0.25) is 0 Å². The van der Waals surface area contributed by atoms with Crippen LogP contribution < -0.4 is 5.32 Å². The van der Waals surface area contributed by atoms with E-state index in [1.807, 2.05) is 54.8 Å². The van der Waals surface area contributed by atoms with Gasteiger partial charge >= 0.3 is 0 Å². The monoisotopic (exact) mass is 358 g/mol. The van der Waals surface area contributed by atoms with Gasteiger partial charge in [-0.25, -0.2) is 0 Å². The lowest BCUT2D eigenvalue weighted by Crippen LogP contribution is -2.18. The first kappa shape index (κ1) is 17.2. The van der Waals surface area contributed by atoms with Crippen LogP contribution in [0.2, 0.25) is 0 Å². The van der Waals surface area contributed by atoms with Crippen molar-refractivity contribution in [2.75, 3.05) is 5.32 Å². The molecule has 0 bridgehead atoms. The predicted octanol–water partition coefficient (Wildman–Crippen LogP) is 5.46. The zero-order valence-corrected chi connectivity index (χ0v) is 15.7. The number of fused-ring (bicyclic) bond motifs is 1.